The molecule has 0 N–H and O–H groups in total. The van der Waals surface area contributed by atoms with E-state index in [0.29, 0.717) is 0 Å². The summed E-state index contributed by atoms with van der Waals surface area (Å²) in [5.74, 6) is 0. The zero-order valence-corrected chi connectivity index (χ0v) is 10.2. The maximum Gasteiger partial charge on any atom is 0.174 e. The second-order valence-electron chi connectivity index (χ2n) is 4.67. The van der Waals surface area contributed by atoms with Crippen molar-refractivity contribution in [3.63, 3.8) is 0 Å². The second kappa shape index (κ2) is 4.25. The molecule has 1 heterocycles. The minimum absolute atomic E-state index is 0.0673. The Balaban J connectivity index is 2.13. The first-order chi connectivity index (χ1) is 8.82. The zero-order chi connectivity index (χ0) is 12.4. The fraction of sp³-hybridized carbons (Fsp3) is 0.188. The van der Waals surface area contributed by atoms with Gasteiger partial charge in [-0.25, -0.2) is 0 Å². The molecule has 0 amide bonds. The highest BCUT2D eigenvalue weighted by molar-refractivity contribution is 5.52. The van der Waals surface area contributed by atoms with Crippen LogP contribution in [0.1, 0.15) is 18.1 Å². The lowest BCUT2D eigenvalue weighted by atomic mass is 9.73. The summed E-state index contributed by atoms with van der Waals surface area (Å²) in [7, 11) is 0. The molecule has 2 nitrogen and oxygen atoms in total. The van der Waals surface area contributed by atoms with Gasteiger partial charge in [-0.2, -0.15) is 9.98 Å². The van der Waals surface area contributed by atoms with Crippen molar-refractivity contribution in [2.24, 2.45) is 9.98 Å². The molecular formula is C16H14N2. The van der Waals surface area contributed by atoms with Crippen LogP contribution in [0.5, 0.6) is 0 Å². The summed E-state index contributed by atoms with van der Waals surface area (Å²) >= 11 is 0. The third-order valence-electron chi connectivity index (χ3n) is 3.62. The lowest BCUT2D eigenvalue weighted by Gasteiger charge is -2.34. The Kier molecular flexibility index (Phi) is 2.58. The van der Waals surface area contributed by atoms with Gasteiger partial charge in [-0.3, -0.25) is 0 Å². The summed E-state index contributed by atoms with van der Waals surface area (Å²) in [5, 5.41) is 0. The van der Waals surface area contributed by atoms with Crippen LogP contribution in [0.3, 0.4) is 0 Å². The first kappa shape index (κ1) is 10.9. The molecule has 1 aliphatic rings. The minimum atomic E-state index is -0.215. The van der Waals surface area contributed by atoms with Crippen LogP contribution >= 0.6 is 0 Å². The molecule has 0 spiro atoms. The Morgan fingerprint density at radius 1 is 0.833 bits per heavy atom. The van der Waals surface area contributed by atoms with Crippen molar-refractivity contribution in [2.45, 2.75) is 18.5 Å². The number of benzene rings is 2. The number of nitrogens with zero attached hydrogens (tertiary/aromatic N) is 2. The lowest BCUT2D eigenvalue weighted by molar-refractivity contribution is 0.445. The quantitative estimate of drug-likeness (QED) is 0.776. The highest BCUT2D eigenvalue weighted by atomic mass is 15.1. The van der Waals surface area contributed by atoms with E-state index < -0.39 is 0 Å². The average Bonchev–Trinajstić information content (AvgIpc) is 2.38. The summed E-state index contributed by atoms with van der Waals surface area (Å²) in [6, 6.07) is 23.5. The van der Waals surface area contributed by atoms with E-state index in [1.54, 1.807) is 0 Å². The van der Waals surface area contributed by atoms with Crippen LogP contribution in [-0.2, 0) is 5.41 Å². The van der Waals surface area contributed by atoms with E-state index in [-0.39, 0.29) is 11.6 Å². The van der Waals surface area contributed by atoms with Gasteiger partial charge in [0.25, 0.3) is 0 Å². The number of hydrogen-bond donors (Lipinski definition) is 0. The Labute approximate surface area is 107 Å². The largest absolute Gasteiger partial charge is 0.196 e. The molecule has 3 rings (SSSR count). The van der Waals surface area contributed by atoms with Gasteiger partial charge in [0.05, 0.1) is 11.4 Å². The molecule has 0 radical (unpaired) electrons. The van der Waals surface area contributed by atoms with E-state index in [2.05, 4.69) is 71.4 Å². The third-order valence-corrected chi connectivity index (χ3v) is 3.62. The Hall–Kier alpha value is -2.18. The molecule has 88 valence electrons. The third kappa shape index (κ3) is 1.59. The van der Waals surface area contributed by atoms with Crippen LogP contribution in [0.15, 0.2) is 70.6 Å². The van der Waals surface area contributed by atoms with Gasteiger partial charge in [0.2, 0.25) is 0 Å². The maximum absolute atomic E-state index is 4.28. The van der Waals surface area contributed by atoms with E-state index in [1.807, 2.05) is 12.1 Å². The number of aliphatic imine (C=N–C) groups is 2. The van der Waals surface area contributed by atoms with Gasteiger partial charge < -0.3 is 0 Å². The van der Waals surface area contributed by atoms with Crippen LogP contribution in [-0.4, -0.2) is 12.2 Å². The summed E-state index contributed by atoms with van der Waals surface area (Å²) in [6.07, 6.45) is -0.0673. The monoisotopic (exact) mass is 234 g/mol. The Morgan fingerprint density at radius 3 is 1.61 bits per heavy atom. The van der Waals surface area contributed by atoms with Crippen LogP contribution in [0.25, 0.3) is 0 Å². The summed E-state index contributed by atoms with van der Waals surface area (Å²) in [5.41, 5.74) is 2.25. The molecule has 0 aliphatic carbocycles. The van der Waals surface area contributed by atoms with E-state index in [1.165, 1.54) is 11.1 Å². The van der Waals surface area contributed by atoms with Crippen molar-refractivity contribution in [1.82, 2.24) is 0 Å². The van der Waals surface area contributed by atoms with Gasteiger partial charge in [-0.15, -0.1) is 0 Å². The van der Waals surface area contributed by atoms with Gasteiger partial charge in [0.1, 0.15) is 0 Å². The Bertz CT molecular complexity index is 548. The smallest absolute Gasteiger partial charge is 0.174 e. The fourth-order valence-electron chi connectivity index (χ4n) is 2.41. The molecule has 0 saturated heterocycles. The minimum Gasteiger partial charge on any atom is -0.196 e. The summed E-state index contributed by atoms with van der Waals surface area (Å²) in [6.45, 7) is 2.19. The van der Waals surface area contributed by atoms with Crippen molar-refractivity contribution in [3.8, 4) is 0 Å². The normalized spacial score (nSPS) is 14.5. The van der Waals surface area contributed by atoms with Gasteiger partial charge in [-0.05, 0) is 18.1 Å². The zero-order valence-electron chi connectivity index (χ0n) is 10.2. The molecule has 0 aromatic heterocycles. The first-order valence-corrected chi connectivity index (χ1v) is 6.07. The van der Waals surface area contributed by atoms with E-state index >= 15 is 0 Å². The molecule has 0 bridgehead atoms. The predicted octanol–water partition coefficient (Wildman–Crippen LogP) is 3.51. The molecule has 1 aliphatic heterocycles. The molecule has 0 fully saturated rings. The number of hydrogen-bond acceptors (Lipinski definition) is 2. The van der Waals surface area contributed by atoms with Gasteiger partial charge >= 0.3 is 0 Å². The fourth-order valence-corrected chi connectivity index (χ4v) is 2.41. The SMILES string of the molecule is CC(c1ccccc1)(c1ccccc1)C1N=C=N1. The van der Waals surface area contributed by atoms with E-state index in [4.69, 9.17) is 0 Å². The van der Waals surface area contributed by atoms with Crippen molar-refractivity contribution < 1.29 is 0 Å². The van der Waals surface area contributed by atoms with Gasteiger partial charge in [0, 0.05) is 0 Å². The average molecular weight is 234 g/mol. The van der Waals surface area contributed by atoms with Crippen LogP contribution in [0.2, 0.25) is 0 Å². The maximum atomic E-state index is 4.28. The van der Waals surface area contributed by atoms with Crippen molar-refractivity contribution in [3.05, 3.63) is 71.8 Å². The Morgan fingerprint density at radius 2 is 1.28 bits per heavy atom. The molecule has 2 aromatic rings. The molecule has 0 atom stereocenters. The second-order valence-corrected chi connectivity index (χ2v) is 4.67. The molecule has 2 aromatic carbocycles. The van der Waals surface area contributed by atoms with Crippen LogP contribution in [0, 0.1) is 0 Å². The first-order valence-electron chi connectivity index (χ1n) is 6.07. The van der Waals surface area contributed by atoms with Gasteiger partial charge in [0.15, 0.2) is 6.17 Å². The van der Waals surface area contributed by atoms with Crippen LogP contribution in [0.4, 0.5) is 0 Å². The van der Waals surface area contributed by atoms with Gasteiger partial charge in [-0.1, -0.05) is 60.7 Å². The van der Waals surface area contributed by atoms with Crippen LogP contribution < -0.4 is 0 Å². The molecule has 0 unspecified atom stereocenters. The van der Waals surface area contributed by atoms with E-state index in [9.17, 15) is 0 Å². The standard InChI is InChI=1S/C16H14N2/c1-16(15-17-12-18-15,13-8-4-2-5-9-13)14-10-6-3-7-11-14/h2-11,15H,1H3. The van der Waals surface area contributed by atoms with Crippen molar-refractivity contribution >= 4 is 6.01 Å². The highest BCUT2D eigenvalue weighted by Crippen LogP contribution is 2.38. The molecule has 0 saturated carbocycles. The summed E-state index contributed by atoms with van der Waals surface area (Å²) < 4.78 is 0. The summed E-state index contributed by atoms with van der Waals surface area (Å²) in [4.78, 5) is 8.55. The highest BCUT2D eigenvalue weighted by Gasteiger charge is 2.39. The van der Waals surface area contributed by atoms with E-state index in [0.717, 1.165) is 0 Å². The predicted molar refractivity (Wildman–Crippen MR) is 73.0 cm³/mol. The van der Waals surface area contributed by atoms with Crippen molar-refractivity contribution in [1.29, 1.82) is 0 Å². The lowest BCUT2D eigenvalue weighted by Crippen LogP contribution is -2.37. The topological polar surface area (TPSA) is 24.7 Å². The van der Waals surface area contributed by atoms with Crippen molar-refractivity contribution in [2.75, 3.05) is 0 Å². The number of rotatable bonds is 3. The molecule has 18 heavy (non-hydrogen) atoms. The molecule has 2 heteroatoms. The molecular weight excluding hydrogens is 220 g/mol.